The number of carbonyl (C=O) groups excluding carboxylic acids is 1. The minimum Gasteiger partial charge on any atom is -0.397 e. The third-order valence-electron chi connectivity index (χ3n) is 3.65. The topological polar surface area (TPSA) is 67.2 Å². The highest BCUT2D eigenvalue weighted by Gasteiger charge is 2.16. The number of amides is 1. The third kappa shape index (κ3) is 3.86. The fraction of sp³-hybridized carbons (Fsp3) is 0.643. The Morgan fingerprint density at radius 3 is 2.53 bits per heavy atom. The van der Waals surface area contributed by atoms with Gasteiger partial charge in [0.1, 0.15) is 4.88 Å². The Balaban J connectivity index is 1.99. The van der Waals surface area contributed by atoms with Crippen LogP contribution in [0.25, 0.3) is 0 Å². The number of thiophene rings is 1. The number of rotatable bonds is 3. The van der Waals surface area contributed by atoms with E-state index in [9.17, 15) is 4.79 Å². The van der Waals surface area contributed by atoms with Gasteiger partial charge in [-0.2, -0.15) is 0 Å². The summed E-state index contributed by atoms with van der Waals surface area (Å²) in [4.78, 5) is 12.2. The predicted molar refractivity (Wildman–Crippen MR) is 81.9 cm³/mol. The third-order valence-corrected chi connectivity index (χ3v) is 4.73. The van der Waals surface area contributed by atoms with Crippen LogP contribution in [0.2, 0.25) is 0 Å². The van der Waals surface area contributed by atoms with E-state index in [1.54, 1.807) is 7.05 Å². The minimum absolute atomic E-state index is 0.104. The first-order chi connectivity index (χ1) is 9.20. The molecule has 1 aromatic heterocycles. The number of nitrogens with two attached hydrogens (primary N) is 1. The molecule has 4 N–H and O–H groups in total. The molecule has 1 aliphatic carbocycles. The van der Waals surface area contributed by atoms with Gasteiger partial charge in [0, 0.05) is 13.1 Å². The molecule has 0 spiro atoms. The Kier molecular flexibility index (Phi) is 5.07. The molecule has 0 unspecified atom stereocenters. The first kappa shape index (κ1) is 14.2. The molecule has 0 aromatic carbocycles. The van der Waals surface area contributed by atoms with E-state index in [2.05, 4.69) is 10.6 Å². The molecule has 1 fully saturated rings. The molecule has 0 saturated heterocycles. The maximum absolute atomic E-state index is 11.6. The van der Waals surface area contributed by atoms with Crippen LogP contribution in [0.4, 0.5) is 10.7 Å². The van der Waals surface area contributed by atoms with Gasteiger partial charge in [-0.1, -0.05) is 32.1 Å². The summed E-state index contributed by atoms with van der Waals surface area (Å²) in [5.74, 6) is -0.104. The maximum atomic E-state index is 11.6. The van der Waals surface area contributed by atoms with Crippen molar-refractivity contribution in [3.05, 3.63) is 10.9 Å². The second-order valence-electron chi connectivity index (χ2n) is 5.16. The van der Waals surface area contributed by atoms with Crippen molar-refractivity contribution in [2.24, 2.45) is 0 Å². The second kappa shape index (κ2) is 6.80. The summed E-state index contributed by atoms with van der Waals surface area (Å²) in [6.07, 6.45) is 9.07. The molecule has 106 valence electrons. The average Bonchev–Trinajstić information content (AvgIpc) is 2.72. The Morgan fingerprint density at radius 2 is 1.89 bits per heavy atom. The zero-order valence-electron chi connectivity index (χ0n) is 11.5. The first-order valence-corrected chi connectivity index (χ1v) is 7.90. The molecule has 0 aliphatic heterocycles. The second-order valence-corrected chi connectivity index (χ2v) is 6.21. The fourth-order valence-electron chi connectivity index (χ4n) is 2.57. The molecule has 4 nitrogen and oxygen atoms in total. The van der Waals surface area contributed by atoms with Gasteiger partial charge in [0.05, 0.1) is 10.7 Å². The van der Waals surface area contributed by atoms with Crippen molar-refractivity contribution in [3.63, 3.8) is 0 Å². The van der Waals surface area contributed by atoms with Crippen LogP contribution in [0.1, 0.15) is 54.6 Å². The van der Waals surface area contributed by atoms with Gasteiger partial charge in [-0.05, 0) is 18.9 Å². The van der Waals surface area contributed by atoms with Crippen molar-refractivity contribution in [2.75, 3.05) is 18.1 Å². The van der Waals surface area contributed by atoms with E-state index in [0.29, 0.717) is 16.6 Å². The molecule has 0 bridgehead atoms. The van der Waals surface area contributed by atoms with Crippen molar-refractivity contribution >= 4 is 27.9 Å². The van der Waals surface area contributed by atoms with Crippen LogP contribution in [0.15, 0.2) is 6.07 Å². The number of nitrogens with one attached hydrogen (secondary N) is 2. The maximum Gasteiger partial charge on any atom is 0.263 e. The van der Waals surface area contributed by atoms with Crippen molar-refractivity contribution in [1.29, 1.82) is 0 Å². The number of hydrogen-bond donors (Lipinski definition) is 3. The fourth-order valence-corrected chi connectivity index (χ4v) is 3.57. The SMILES string of the molecule is CNC(=O)c1sc(NC2CCCCCCC2)cc1N. The largest absolute Gasteiger partial charge is 0.397 e. The van der Waals surface area contributed by atoms with Crippen LogP contribution >= 0.6 is 11.3 Å². The summed E-state index contributed by atoms with van der Waals surface area (Å²) in [6.45, 7) is 0. The average molecular weight is 281 g/mol. The number of hydrogen-bond acceptors (Lipinski definition) is 4. The lowest BCUT2D eigenvalue weighted by Gasteiger charge is -2.21. The van der Waals surface area contributed by atoms with Gasteiger partial charge in [-0.3, -0.25) is 4.79 Å². The highest BCUT2D eigenvalue weighted by molar-refractivity contribution is 7.18. The van der Waals surface area contributed by atoms with Crippen molar-refractivity contribution < 1.29 is 4.79 Å². The Morgan fingerprint density at radius 1 is 1.26 bits per heavy atom. The first-order valence-electron chi connectivity index (χ1n) is 7.08. The van der Waals surface area contributed by atoms with Crippen LogP contribution in [-0.2, 0) is 0 Å². The molecule has 2 rings (SSSR count). The Bertz CT molecular complexity index is 422. The normalized spacial score (nSPS) is 17.5. The molecule has 1 heterocycles. The lowest BCUT2D eigenvalue weighted by Crippen LogP contribution is -2.19. The van der Waals surface area contributed by atoms with E-state index in [4.69, 9.17) is 5.73 Å². The van der Waals surface area contributed by atoms with E-state index in [1.807, 2.05) is 6.07 Å². The summed E-state index contributed by atoms with van der Waals surface area (Å²) in [5.41, 5.74) is 6.46. The molecular formula is C14H23N3OS. The predicted octanol–water partition coefficient (Wildman–Crippen LogP) is 3.21. The Hall–Kier alpha value is -1.23. The summed E-state index contributed by atoms with van der Waals surface area (Å²) in [5, 5.41) is 7.18. The molecule has 1 aliphatic rings. The molecule has 1 saturated carbocycles. The number of carbonyl (C=O) groups is 1. The summed E-state index contributed by atoms with van der Waals surface area (Å²) in [7, 11) is 1.63. The highest BCUT2D eigenvalue weighted by atomic mass is 32.1. The van der Waals surface area contributed by atoms with Gasteiger partial charge in [0.2, 0.25) is 0 Å². The Labute approximate surface area is 118 Å². The van der Waals surface area contributed by atoms with E-state index < -0.39 is 0 Å². The van der Waals surface area contributed by atoms with Gasteiger partial charge in [-0.25, -0.2) is 0 Å². The van der Waals surface area contributed by atoms with Gasteiger partial charge < -0.3 is 16.4 Å². The van der Waals surface area contributed by atoms with Crippen molar-refractivity contribution in [3.8, 4) is 0 Å². The zero-order valence-corrected chi connectivity index (χ0v) is 12.3. The minimum atomic E-state index is -0.104. The van der Waals surface area contributed by atoms with Crippen LogP contribution in [0.5, 0.6) is 0 Å². The monoisotopic (exact) mass is 281 g/mol. The molecule has 0 atom stereocenters. The van der Waals surface area contributed by atoms with Crippen molar-refractivity contribution in [2.45, 2.75) is 51.0 Å². The highest BCUT2D eigenvalue weighted by Crippen LogP contribution is 2.31. The van der Waals surface area contributed by atoms with E-state index >= 15 is 0 Å². The molecule has 5 heteroatoms. The van der Waals surface area contributed by atoms with Gasteiger partial charge in [0.15, 0.2) is 0 Å². The van der Waals surface area contributed by atoms with Crippen LogP contribution in [0, 0.1) is 0 Å². The van der Waals surface area contributed by atoms with Gasteiger partial charge in [-0.15, -0.1) is 11.3 Å². The summed E-state index contributed by atoms with van der Waals surface area (Å²) in [6, 6.07) is 2.41. The van der Waals surface area contributed by atoms with E-state index in [1.165, 1.54) is 56.3 Å². The smallest absolute Gasteiger partial charge is 0.263 e. The zero-order chi connectivity index (χ0) is 13.7. The quantitative estimate of drug-likeness (QED) is 0.797. The van der Waals surface area contributed by atoms with E-state index in [0.717, 1.165) is 5.00 Å². The van der Waals surface area contributed by atoms with Crippen LogP contribution < -0.4 is 16.4 Å². The van der Waals surface area contributed by atoms with Crippen LogP contribution in [0.3, 0.4) is 0 Å². The lowest BCUT2D eigenvalue weighted by atomic mass is 9.97. The molecule has 0 radical (unpaired) electrons. The summed E-state index contributed by atoms with van der Waals surface area (Å²) >= 11 is 1.45. The van der Waals surface area contributed by atoms with Crippen LogP contribution in [-0.4, -0.2) is 19.0 Å². The molecule has 19 heavy (non-hydrogen) atoms. The van der Waals surface area contributed by atoms with Gasteiger partial charge in [0.25, 0.3) is 5.91 Å². The lowest BCUT2D eigenvalue weighted by molar-refractivity contribution is 0.0968. The molecule has 1 amide bonds. The standard InChI is InChI=1S/C14H23N3OS/c1-16-14(18)13-11(15)9-12(19-13)17-10-7-5-3-2-4-6-8-10/h9-10,17H,2-8,15H2,1H3,(H,16,18). The van der Waals surface area contributed by atoms with E-state index in [-0.39, 0.29) is 5.91 Å². The molecular weight excluding hydrogens is 258 g/mol. The van der Waals surface area contributed by atoms with Gasteiger partial charge >= 0.3 is 0 Å². The number of nitrogen functional groups attached to an aromatic ring is 1. The molecule has 1 aromatic rings. The summed E-state index contributed by atoms with van der Waals surface area (Å²) < 4.78 is 0. The number of anilines is 2. The van der Waals surface area contributed by atoms with Crippen molar-refractivity contribution in [1.82, 2.24) is 5.32 Å².